The molecular formula is C20H27N3O3. The Morgan fingerprint density at radius 1 is 1.38 bits per heavy atom. The van der Waals surface area contributed by atoms with E-state index in [1.165, 1.54) is 16.5 Å². The first-order valence-corrected chi connectivity index (χ1v) is 9.28. The molecule has 2 aromatic rings. The molecule has 0 bridgehead atoms. The number of carbonyl (C=O) groups excluding carboxylic acids is 1. The van der Waals surface area contributed by atoms with Crippen molar-refractivity contribution in [2.24, 2.45) is 0 Å². The Hall–Kier alpha value is -1.89. The lowest BCUT2D eigenvalue weighted by Gasteiger charge is -2.53. The Morgan fingerprint density at radius 3 is 3.04 bits per heavy atom. The summed E-state index contributed by atoms with van der Waals surface area (Å²) in [5.74, 6) is 0.0142. The van der Waals surface area contributed by atoms with Crippen molar-refractivity contribution in [3.63, 3.8) is 0 Å². The van der Waals surface area contributed by atoms with Crippen LogP contribution in [0.1, 0.15) is 18.4 Å². The van der Waals surface area contributed by atoms with Crippen molar-refractivity contribution in [2.75, 3.05) is 40.4 Å². The fourth-order valence-corrected chi connectivity index (χ4v) is 4.07. The first-order valence-electron chi connectivity index (χ1n) is 9.28. The minimum absolute atomic E-state index is 0.0142. The van der Waals surface area contributed by atoms with Crippen molar-refractivity contribution in [2.45, 2.75) is 31.1 Å². The van der Waals surface area contributed by atoms with Crippen LogP contribution >= 0.6 is 0 Å². The minimum Gasteiger partial charge on any atom is -0.372 e. The van der Waals surface area contributed by atoms with Gasteiger partial charge in [0.2, 0.25) is 5.91 Å². The van der Waals surface area contributed by atoms with Crippen LogP contribution in [-0.4, -0.2) is 72.8 Å². The molecule has 140 valence electrons. The van der Waals surface area contributed by atoms with Crippen LogP contribution in [0.15, 0.2) is 30.5 Å². The smallest absolute Gasteiger partial charge is 0.248 e. The Bertz CT molecular complexity index is 779. The van der Waals surface area contributed by atoms with Gasteiger partial charge < -0.3 is 19.4 Å². The molecular weight excluding hydrogens is 330 g/mol. The Balaban J connectivity index is 1.31. The van der Waals surface area contributed by atoms with Gasteiger partial charge in [0.25, 0.3) is 0 Å². The van der Waals surface area contributed by atoms with Gasteiger partial charge in [-0.2, -0.15) is 0 Å². The first-order chi connectivity index (χ1) is 12.5. The summed E-state index contributed by atoms with van der Waals surface area (Å²) in [4.78, 5) is 19.0. The van der Waals surface area contributed by atoms with E-state index in [1.807, 2.05) is 6.20 Å². The predicted molar refractivity (Wildman–Crippen MR) is 99.9 cm³/mol. The van der Waals surface area contributed by atoms with Crippen molar-refractivity contribution in [3.8, 4) is 0 Å². The third-order valence-electron chi connectivity index (χ3n) is 5.49. The summed E-state index contributed by atoms with van der Waals surface area (Å²) in [5.41, 5.74) is 2.43. The number of likely N-dealkylation sites (N-methyl/N-ethyl adjacent to an activating group) is 1. The zero-order chi connectivity index (χ0) is 18.1. The van der Waals surface area contributed by atoms with Crippen molar-refractivity contribution in [3.05, 3.63) is 36.0 Å². The third-order valence-corrected chi connectivity index (χ3v) is 5.49. The molecule has 1 spiro atoms. The molecule has 1 atom stereocenters. The number of aromatic nitrogens is 1. The lowest BCUT2D eigenvalue weighted by atomic mass is 9.84. The number of amides is 1. The van der Waals surface area contributed by atoms with Crippen LogP contribution in [0.2, 0.25) is 0 Å². The summed E-state index contributed by atoms with van der Waals surface area (Å²) in [6.07, 6.45) is 3.85. The highest BCUT2D eigenvalue weighted by molar-refractivity contribution is 5.82. The van der Waals surface area contributed by atoms with Gasteiger partial charge in [0.05, 0.1) is 11.7 Å². The normalized spacial score (nSPS) is 22.5. The van der Waals surface area contributed by atoms with E-state index in [9.17, 15) is 4.79 Å². The molecule has 3 heterocycles. The van der Waals surface area contributed by atoms with E-state index in [-0.39, 0.29) is 24.2 Å². The summed E-state index contributed by atoms with van der Waals surface area (Å²) < 4.78 is 11.9. The zero-order valence-corrected chi connectivity index (χ0v) is 15.5. The molecule has 6 nitrogen and oxygen atoms in total. The predicted octanol–water partition coefficient (Wildman–Crippen LogP) is 2.01. The van der Waals surface area contributed by atoms with E-state index in [0.29, 0.717) is 6.61 Å². The molecule has 1 aromatic carbocycles. The van der Waals surface area contributed by atoms with Crippen LogP contribution in [-0.2, 0) is 20.8 Å². The number of hydrogen-bond acceptors (Lipinski definition) is 4. The number of nitrogens with one attached hydrogen (secondary N) is 1. The Labute approximate surface area is 154 Å². The van der Waals surface area contributed by atoms with Gasteiger partial charge in [0.15, 0.2) is 0 Å². The van der Waals surface area contributed by atoms with Gasteiger partial charge >= 0.3 is 0 Å². The number of hydrogen-bond donors (Lipinski definition) is 1. The number of fused-ring (bicyclic) bond motifs is 1. The first kappa shape index (κ1) is 17.5. The second-order valence-corrected chi connectivity index (χ2v) is 7.75. The summed E-state index contributed by atoms with van der Waals surface area (Å²) in [6.45, 7) is 3.66. The average Bonchev–Trinajstić information content (AvgIpc) is 3.08. The fourth-order valence-electron chi connectivity index (χ4n) is 4.07. The molecule has 0 aliphatic carbocycles. The molecule has 4 rings (SSSR count). The largest absolute Gasteiger partial charge is 0.372 e. The second-order valence-electron chi connectivity index (χ2n) is 7.75. The number of aromatic amines is 1. The van der Waals surface area contributed by atoms with Crippen LogP contribution in [0.25, 0.3) is 10.9 Å². The van der Waals surface area contributed by atoms with Crippen molar-refractivity contribution >= 4 is 16.8 Å². The average molecular weight is 357 g/mol. The zero-order valence-electron chi connectivity index (χ0n) is 15.5. The molecule has 6 heteroatoms. The molecule has 1 amide bonds. The monoisotopic (exact) mass is 357 g/mol. The molecule has 2 fully saturated rings. The SMILES string of the molecule is CN(C)C(=O)COC1CCOC2(C1)CN(Cc1cccc3[nH]ccc13)C2. The molecule has 2 saturated heterocycles. The van der Waals surface area contributed by atoms with Crippen LogP contribution in [0, 0.1) is 0 Å². The van der Waals surface area contributed by atoms with Gasteiger partial charge in [-0.25, -0.2) is 0 Å². The number of ether oxygens (including phenoxy) is 2. The quantitative estimate of drug-likeness (QED) is 0.889. The third kappa shape index (κ3) is 3.49. The van der Waals surface area contributed by atoms with Crippen molar-refractivity contribution in [1.29, 1.82) is 0 Å². The van der Waals surface area contributed by atoms with Crippen molar-refractivity contribution in [1.82, 2.24) is 14.8 Å². The highest BCUT2D eigenvalue weighted by atomic mass is 16.5. The Morgan fingerprint density at radius 2 is 2.23 bits per heavy atom. The van der Waals surface area contributed by atoms with Crippen LogP contribution in [0.3, 0.4) is 0 Å². The minimum atomic E-state index is -0.101. The number of nitrogens with zero attached hydrogens (tertiary/aromatic N) is 2. The number of carbonyl (C=O) groups is 1. The maximum atomic E-state index is 11.7. The maximum absolute atomic E-state index is 11.7. The molecule has 2 aliphatic heterocycles. The summed E-state index contributed by atoms with van der Waals surface area (Å²) in [5, 5.41) is 1.29. The topological polar surface area (TPSA) is 57.8 Å². The summed E-state index contributed by atoms with van der Waals surface area (Å²) >= 11 is 0. The van der Waals surface area contributed by atoms with Crippen LogP contribution in [0.5, 0.6) is 0 Å². The number of rotatable bonds is 5. The molecule has 0 radical (unpaired) electrons. The molecule has 1 N–H and O–H groups in total. The van der Waals surface area contributed by atoms with E-state index in [1.54, 1.807) is 19.0 Å². The van der Waals surface area contributed by atoms with E-state index in [2.05, 4.69) is 34.1 Å². The van der Waals surface area contributed by atoms with Gasteiger partial charge in [-0.1, -0.05) is 12.1 Å². The molecule has 2 aliphatic rings. The van der Waals surface area contributed by atoms with Gasteiger partial charge in [0, 0.05) is 63.9 Å². The fraction of sp³-hybridized carbons (Fsp3) is 0.550. The Kier molecular flexibility index (Phi) is 4.73. The maximum Gasteiger partial charge on any atom is 0.248 e. The van der Waals surface area contributed by atoms with E-state index in [0.717, 1.165) is 32.5 Å². The van der Waals surface area contributed by atoms with Gasteiger partial charge in [-0.3, -0.25) is 9.69 Å². The van der Waals surface area contributed by atoms with Gasteiger partial charge in [-0.15, -0.1) is 0 Å². The molecule has 1 aromatic heterocycles. The summed E-state index contributed by atoms with van der Waals surface area (Å²) in [6, 6.07) is 8.55. The number of likely N-dealkylation sites (tertiary alicyclic amines) is 1. The van der Waals surface area contributed by atoms with E-state index in [4.69, 9.17) is 9.47 Å². The number of H-pyrrole nitrogens is 1. The van der Waals surface area contributed by atoms with Gasteiger partial charge in [0.1, 0.15) is 6.61 Å². The highest BCUT2D eigenvalue weighted by Gasteiger charge is 2.47. The molecule has 26 heavy (non-hydrogen) atoms. The highest BCUT2D eigenvalue weighted by Crippen LogP contribution is 2.36. The van der Waals surface area contributed by atoms with E-state index >= 15 is 0 Å². The summed E-state index contributed by atoms with van der Waals surface area (Å²) in [7, 11) is 3.51. The standard InChI is InChI=1S/C20H27N3O3/c1-22(2)19(24)12-25-16-7-9-26-20(10-16)13-23(14-20)11-15-4-3-5-18-17(15)6-8-21-18/h3-6,8,16,21H,7,9-14H2,1-2H3. The number of benzene rings is 1. The van der Waals surface area contributed by atoms with Crippen LogP contribution < -0.4 is 0 Å². The van der Waals surface area contributed by atoms with E-state index < -0.39 is 0 Å². The molecule has 1 unspecified atom stereocenters. The lowest BCUT2D eigenvalue weighted by Crippen LogP contribution is -2.65. The van der Waals surface area contributed by atoms with Crippen LogP contribution in [0.4, 0.5) is 0 Å². The van der Waals surface area contributed by atoms with Gasteiger partial charge in [-0.05, 0) is 24.1 Å². The lowest BCUT2D eigenvalue weighted by molar-refractivity contribution is -0.199. The second kappa shape index (κ2) is 7.02. The molecule has 0 saturated carbocycles. The van der Waals surface area contributed by atoms with Crippen molar-refractivity contribution < 1.29 is 14.3 Å².